The lowest BCUT2D eigenvalue weighted by Crippen LogP contribution is -2.20. The number of nitrogens with zero attached hydrogens (tertiary/aromatic N) is 3. The molecule has 0 fully saturated rings. The van der Waals surface area contributed by atoms with E-state index in [4.69, 9.17) is 0 Å². The highest BCUT2D eigenvalue weighted by molar-refractivity contribution is 5.96. The predicted octanol–water partition coefficient (Wildman–Crippen LogP) is 4.66. The molecule has 1 N–H and O–H groups in total. The van der Waals surface area contributed by atoms with E-state index in [1.807, 2.05) is 63.2 Å². The Morgan fingerprint density at radius 3 is 2.57 bits per heavy atom. The third kappa shape index (κ3) is 3.27. The van der Waals surface area contributed by atoms with E-state index < -0.39 is 0 Å². The summed E-state index contributed by atoms with van der Waals surface area (Å²) in [6.45, 7) is 6.11. The maximum atomic E-state index is 12.7. The zero-order chi connectivity index (χ0) is 19.7. The minimum atomic E-state index is -0.120. The Hall–Kier alpha value is -3.47. The Bertz CT molecular complexity index is 1160. The lowest BCUT2D eigenvalue weighted by Gasteiger charge is -2.10. The van der Waals surface area contributed by atoms with Gasteiger partial charge >= 0.3 is 0 Å². The Morgan fingerprint density at radius 1 is 1.00 bits per heavy atom. The van der Waals surface area contributed by atoms with E-state index in [0.717, 1.165) is 44.7 Å². The highest BCUT2D eigenvalue weighted by atomic mass is 16.2. The van der Waals surface area contributed by atoms with Crippen molar-refractivity contribution in [2.75, 3.05) is 5.32 Å². The first-order valence-electron chi connectivity index (χ1n) is 9.28. The van der Waals surface area contributed by atoms with Crippen molar-refractivity contribution in [3.63, 3.8) is 0 Å². The van der Waals surface area contributed by atoms with Gasteiger partial charge in [0.25, 0.3) is 0 Å². The van der Waals surface area contributed by atoms with E-state index in [0.29, 0.717) is 0 Å². The van der Waals surface area contributed by atoms with E-state index in [-0.39, 0.29) is 12.5 Å². The largest absolute Gasteiger partial charge is 0.324 e. The highest BCUT2D eigenvalue weighted by Crippen LogP contribution is 2.29. The van der Waals surface area contributed by atoms with Gasteiger partial charge in [-0.2, -0.15) is 5.10 Å². The number of rotatable bonds is 4. The van der Waals surface area contributed by atoms with Crippen LogP contribution in [0.15, 0.2) is 60.8 Å². The number of pyridine rings is 1. The standard InChI is InChI=1S/C23H22N4O/c1-15-8-7-11-20(16(15)2)25-21(28)14-27-23-22(17(3)26-27)19(12-13-24-23)18-9-5-4-6-10-18/h4-13H,14H2,1-3H3,(H,25,28). The molecule has 0 atom stereocenters. The second kappa shape index (κ2) is 7.27. The van der Waals surface area contributed by atoms with Crippen molar-refractivity contribution in [1.29, 1.82) is 0 Å². The molecule has 1 amide bonds. The summed E-state index contributed by atoms with van der Waals surface area (Å²) in [5, 5.41) is 8.56. The number of nitrogens with one attached hydrogen (secondary N) is 1. The number of hydrogen-bond acceptors (Lipinski definition) is 3. The SMILES string of the molecule is Cc1cccc(NC(=O)Cn2nc(C)c3c(-c4ccccc4)ccnc32)c1C. The van der Waals surface area contributed by atoms with Crippen molar-refractivity contribution in [3.8, 4) is 11.1 Å². The third-order valence-corrected chi connectivity index (χ3v) is 5.06. The zero-order valence-electron chi connectivity index (χ0n) is 16.2. The van der Waals surface area contributed by atoms with Gasteiger partial charge in [-0.3, -0.25) is 4.79 Å². The minimum Gasteiger partial charge on any atom is -0.324 e. The average Bonchev–Trinajstić information content (AvgIpc) is 3.02. The molecule has 4 aromatic rings. The highest BCUT2D eigenvalue weighted by Gasteiger charge is 2.16. The van der Waals surface area contributed by atoms with E-state index in [2.05, 4.69) is 27.5 Å². The van der Waals surface area contributed by atoms with Crippen LogP contribution < -0.4 is 5.32 Å². The fourth-order valence-electron chi connectivity index (χ4n) is 3.46. The average molecular weight is 370 g/mol. The topological polar surface area (TPSA) is 59.8 Å². The van der Waals surface area contributed by atoms with Gasteiger partial charge in [0.05, 0.1) is 5.69 Å². The van der Waals surface area contributed by atoms with E-state index in [1.54, 1.807) is 10.9 Å². The van der Waals surface area contributed by atoms with Crippen molar-refractivity contribution >= 4 is 22.6 Å². The fraction of sp³-hybridized carbons (Fsp3) is 0.174. The summed E-state index contributed by atoms with van der Waals surface area (Å²) in [4.78, 5) is 17.2. The van der Waals surface area contributed by atoms with Crippen LogP contribution in [0.4, 0.5) is 5.69 Å². The smallest absolute Gasteiger partial charge is 0.246 e. The second-order valence-corrected chi connectivity index (χ2v) is 6.96. The van der Waals surface area contributed by atoms with Crippen LogP contribution in [-0.2, 0) is 11.3 Å². The molecule has 0 saturated carbocycles. The Kier molecular flexibility index (Phi) is 4.65. The molecule has 5 heteroatoms. The van der Waals surface area contributed by atoms with Crippen molar-refractivity contribution in [2.45, 2.75) is 27.3 Å². The van der Waals surface area contributed by atoms with E-state index in [9.17, 15) is 4.79 Å². The number of amides is 1. The number of hydrogen-bond donors (Lipinski definition) is 1. The van der Waals surface area contributed by atoms with Gasteiger partial charge in [0.2, 0.25) is 5.91 Å². The molecule has 2 heterocycles. The first-order chi connectivity index (χ1) is 13.5. The zero-order valence-corrected chi connectivity index (χ0v) is 16.2. The summed E-state index contributed by atoms with van der Waals surface area (Å²) in [6, 6.07) is 18.0. The molecule has 0 unspecified atom stereocenters. The van der Waals surface area contributed by atoms with Crippen LogP contribution in [0.3, 0.4) is 0 Å². The van der Waals surface area contributed by atoms with Crippen molar-refractivity contribution in [2.24, 2.45) is 0 Å². The molecule has 0 aliphatic rings. The molecular weight excluding hydrogens is 348 g/mol. The molecule has 2 aromatic carbocycles. The molecule has 28 heavy (non-hydrogen) atoms. The maximum absolute atomic E-state index is 12.7. The quantitative estimate of drug-likeness (QED) is 0.568. The molecule has 5 nitrogen and oxygen atoms in total. The van der Waals surface area contributed by atoms with Crippen molar-refractivity contribution in [3.05, 3.63) is 77.6 Å². The molecule has 0 spiro atoms. The van der Waals surface area contributed by atoms with Gasteiger partial charge < -0.3 is 5.32 Å². The summed E-state index contributed by atoms with van der Waals surface area (Å²) < 4.78 is 1.68. The predicted molar refractivity (Wildman–Crippen MR) is 112 cm³/mol. The molecular formula is C23H22N4O. The van der Waals surface area contributed by atoms with Gasteiger partial charge in [0.1, 0.15) is 6.54 Å². The van der Waals surface area contributed by atoms with Crippen LogP contribution in [0.25, 0.3) is 22.2 Å². The maximum Gasteiger partial charge on any atom is 0.246 e. The lowest BCUT2D eigenvalue weighted by atomic mass is 10.0. The van der Waals surface area contributed by atoms with Crippen LogP contribution in [0.1, 0.15) is 16.8 Å². The number of aryl methyl sites for hydroxylation is 2. The van der Waals surface area contributed by atoms with Crippen molar-refractivity contribution < 1.29 is 4.79 Å². The number of fused-ring (bicyclic) bond motifs is 1. The Labute approximate surface area is 164 Å². The summed E-state index contributed by atoms with van der Waals surface area (Å²) in [6.07, 6.45) is 1.77. The van der Waals surface area contributed by atoms with Gasteiger partial charge in [0, 0.05) is 17.3 Å². The third-order valence-electron chi connectivity index (χ3n) is 5.06. The number of anilines is 1. The minimum absolute atomic E-state index is 0.114. The van der Waals surface area contributed by atoms with Crippen LogP contribution in [0.2, 0.25) is 0 Å². The summed E-state index contributed by atoms with van der Waals surface area (Å²) in [5.41, 5.74) is 6.81. The number of benzene rings is 2. The molecule has 0 saturated heterocycles. The second-order valence-electron chi connectivity index (χ2n) is 6.96. The molecule has 140 valence electrons. The molecule has 0 radical (unpaired) electrons. The summed E-state index contributed by atoms with van der Waals surface area (Å²) in [5.74, 6) is -0.120. The van der Waals surface area contributed by atoms with Gasteiger partial charge in [-0.05, 0) is 55.2 Å². The van der Waals surface area contributed by atoms with Gasteiger partial charge in [-0.1, -0.05) is 42.5 Å². The van der Waals surface area contributed by atoms with Crippen molar-refractivity contribution in [1.82, 2.24) is 14.8 Å². The first kappa shape index (κ1) is 17.9. The van der Waals surface area contributed by atoms with Crippen LogP contribution in [0, 0.1) is 20.8 Å². The van der Waals surface area contributed by atoms with Gasteiger partial charge in [0.15, 0.2) is 5.65 Å². The van der Waals surface area contributed by atoms with Crippen LogP contribution >= 0.6 is 0 Å². The molecule has 2 aromatic heterocycles. The van der Waals surface area contributed by atoms with Gasteiger partial charge in [-0.15, -0.1) is 0 Å². The lowest BCUT2D eigenvalue weighted by molar-refractivity contribution is -0.116. The van der Waals surface area contributed by atoms with Gasteiger partial charge in [-0.25, -0.2) is 9.67 Å². The fourth-order valence-corrected chi connectivity index (χ4v) is 3.46. The molecule has 0 aliphatic carbocycles. The monoisotopic (exact) mass is 370 g/mol. The summed E-state index contributed by atoms with van der Waals surface area (Å²) in [7, 11) is 0. The van der Waals surface area contributed by atoms with Crippen LogP contribution in [0.5, 0.6) is 0 Å². The van der Waals surface area contributed by atoms with Crippen LogP contribution in [-0.4, -0.2) is 20.7 Å². The number of carbonyl (C=O) groups is 1. The molecule has 0 aliphatic heterocycles. The normalized spacial score (nSPS) is 11.0. The molecule has 4 rings (SSSR count). The summed E-state index contributed by atoms with van der Waals surface area (Å²) >= 11 is 0. The van der Waals surface area contributed by atoms with E-state index in [1.165, 1.54) is 0 Å². The first-order valence-corrected chi connectivity index (χ1v) is 9.28. The Morgan fingerprint density at radius 2 is 1.79 bits per heavy atom. The Balaban J connectivity index is 1.67. The van der Waals surface area contributed by atoms with E-state index >= 15 is 0 Å². The molecule has 0 bridgehead atoms. The number of aromatic nitrogens is 3. The number of carbonyl (C=O) groups excluding carboxylic acids is 1.